The minimum absolute atomic E-state index is 0.104. The molecule has 0 radical (unpaired) electrons. The first-order valence-electron chi connectivity index (χ1n) is 6.96. The van der Waals surface area contributed by atoms with E-state index in [-0.39, 0.29) is 11.6 Å². The quantitative estimate of drug-likeness (QED) is 0.657. The summed E-state index contributed by atoms with van der Waals surface area (Å²) >= 11 is 0. The van der Waals surface area contributed by atoms with Gasteiger partial charge in [0.25, 0.3) is 0 Å². The maximum Gasteiger partial charge on any atom is 0.414 e. The summed E-state index contributed by atoms with van der Waals surface area (Å²) in [4.78, 5) is 17.4. The first-order chi connectivity index (χ1) is 9.85. The van der Waals surface area contributed by atoms with Crippen molar-refractivity contribution in [3.05, 3.63) is 29.8 Å². The summed E-state index contributed by atoms with van der Waals surface area (Å²) in [5, 5.41) is 3.11. The SMILES string of the molecule is CC(C)(C)NC(N)=NCc1ccc(N2CCOC2=O)cc1. The van der Waals surface area contributed by atoms with E-state index in [2.05, 4.69) is 10.3 Å². The molecule has 1 fully saturated rings. The molecular weight excluding hydrogens is 268 g/mol. The van der Waals surface area contributed by atoms with Crippen LogP contribution in [-0.2, 0) is 11.3 Å². The number of ether oxygens (including phenoxy) is 1. The van der Waals surface area contributed by atoms with Gasteiger partial charge in [0.05, 0.1) is 13.1 Å². The third-order valence-corrected chi connectivity index (χ3v) is 2.94. The van der Waals surface area contributed by atoms with Crippen LogP contribution in [0, 0.1) is 0 Å². The van der Waals surface area contributed by atoms with E-state index in [4.69, 9.17) is 10.5 Å². The molecule has 3 N–H and O–H groups in total. The Morgan fingerprint density at radius 2 is 2.05 bits per heavy atom. The molecule has 1 aromatic carbocycles. The lowest BCUT2D eigenvalue weighted by Crippen LogP contribution is -2.44. The maximum absolute atomic E-state index is 11.5. The summed E-state index contributed by atoms with van der Waals surface area (Å²) in [5.74, 6) is 0.426. The summed E-state index contributed by atoms with van der Waals surface area (Å²) < 4.78 is 4.92. The van der Waals surface area contributed by atoms with Crippen molar-refractivity contribution in [2.45, 2.75) is 32.9 Å². The number of nitrogens with one attached hydrogen (secondary N) is 1. The fourth-order valence-corrected chi connectivity index (χ4v) is 2.01. The smallest absolute Gasteiger partial charge is 0.414 e. The molecule has 0 bridgehead atoms. The Morgan fingerprint density at radius 1 is 1.38 bits per heavy atom. The zero-order valence-corrected chi connectivity index (χ0v) is 12.7. The second-order valence-corrected chi connectivity index (χ2v) is 6.01. The molecule has 1 amide bonds. The zero-order valence-electron chi connectivity index (χ0n) is 12.7. The topological polar surface area (TPSA) is 79.9 Å². The number of guanidine groups is 1. The number of aliphatic imine (C=N–C) groups is 1. The van der Waals surface area contributed by atoms with Gasteiger partial charge in [0.1, 0.15) is 6.61 Å². The second kappa shape index (κ2) is 6.03. The van der Waals surface area contributed by atoms with Gasteiger partial charge in [-0.2, -0.15) is 0 Å². The highest BCUT2D eigenvalue weighted by molar-refractivity contribution is 5.89. The molecule has 1 heterocycles. The monoisotopic (exact) mass is 290 g/mol. The van der Waals surface area contributed by atoms with Crippen molar-refractivity contribution in [2.24, 2.45) is 10.7 Å². The average Bonchev–Trinajstić information content (AvgIpc) is 2.81. The lowest BCUT2D eigenvalue weighted by molar-refractivity contribution is 0.181. The van der Waals surface area contributed by atoms with Gasteiger partial charge in [0, 0.05) is 11.2 Å². The van der Waals surface area contributed by atoms with Crippen LogP contribution in [0.15, 0.2) is 29.3 Å². The number of carbonyl (C=O) groups excluding carboxylic acids is 1. The Balaban J connectivity index is 1.96. The number of rotatable bonds is 3. The number of cyclic esters (lactones) is 1. The van der Waals surface area contributed by atoms with Gasteiger partial charge in [-0.1, -0.05) is 12.1 Å². The molecule has 21 heavy (non-hydrogen) atoms. The molecule has 0 spiro atoms. The first-order valence-corrected chi connectivity index (χ1v) is 6.96. The van der Waals surface area contributed by atoms with Gasteiger partial charge in [-0.05, 0) is 38.5 Å². The molecule has 1 aromatic rings. The van der Waals surface area contributed by atoms with Gasteiger partial charge in [0.15, 0.2) is 5.96 Å². The van der Waals surface area contributed by atoms with Crippen molar-refractivity contribution in [1.82, 2.24) is 5.32 Å². The highest BCUT2D eigenvalue weighted by Crippen LogP contribution is 2.19. The second-order valence-electron chi connectivity index (χ2n) is 6.01. The molecule has 6 heteroatoms. The number of nitrogens with two attached hydrogens (primary N) is 1. The van der Waals surface area contributed by atoms with E-state index in [0.717, 1.165) is 11.3 Å². The summed E-state index contributed by atoms with van der Waals surface area (Å²) in [6.07, 6.45) is -0.292. The maximum atomic E-state index is 11.5. The Labute approximate surface area is 125 Å². The van der Waals surface area contributed by atoms with Crippen LogP contribution in [0.25, 0.3) is 0 Å². The van der Waals surface area contributed by atoms with Crippen molar-refractivity contribution in [3.8, 4) is 0 Å². The van der Waals surface area contributed by atoms with Crippen LogP contribution in [0.3, 0.4) is 0 Å². The van der Waals surface area contributed by atoms with Gasteiger partial charge >= 0.3 is 6.09 Å². The summed E-state index contributed by atoms with van der Waals surface area (Å²) in [6, 6.07) is 7.67. The Kier molecular flexibility index (Phi) is 4.35. The van der Waals surface area contributed by atoms with E-state index < -0.39 is 0 Å². The molecule has 0 atom stereocenters. The van der Waals surface area contributed by atoms with E-state index >= 15 is 0 Å². The number of carbonyl (C=O) groups is 1. The van der Waals surface area contributed by atoms with Crippen LogP contribution < -0.4 is 16.0 Å². The standard InChI is InChI=1S/C15H22N4O2/c1-15(2,3)18-13(16)17-10-11-4-6-12(7-5-11)19-8-9-21-14(19)20/h4-7H,8-10H2,1-3H3,(H3,16,17,18). The van der Waals surface area contributed by atoms with Gasteiger partial charge in [0.2, 0.25) is 0 Å². The number of amides is 1. The van der Waals surface area contributed by atoms with Crippen molar-refractivity contribution in [2.75, 3.05) is 18.1 Å². The Morgan fingerprint density at radius 3 is 2.57 bits per heavy atom. The number of anilines is 1. The molecule has 1 aliphatic heterocycles. The number of benzene rings is 1. The highest BCUT2D eigenvalue weighted by atomic mass is 16.6. The van der Waals surface area contributed by atoms with Crippen molar-refractivity contribution < 1.29 is 9.53 Å². The lowest BCUT2D eigenvalue weighted by atomic mass is 10.1. The molecule has 6 nitrogen and oxygen atoms in total. The van der Waals surface area contributed by atoms with Crippen LogP contribution in [0.5, 0.6) is 0 Å². The fourth-order valence-electron chi connectivity index (χ4n) is 2.01. The third-order valence-electron chi connectivity index (χ3n) is 2.94. The van der Waals surface area contributed by atoms with Gasteiger partial charge in [-0.25, -0.2) is 9.79 Å². The van der Waals surface area contributed by atoms with Gasteiger partial charge in [-0.3, -0.25) is 4.90 Å². The predicted molar refractivity (Wildman–Crippen MR) is 83.4 cm³/mol. The third kappa shape index (κ3) is 4.37. The Hall–Kier alpha value is -2.24. The largest absolute Gasteiger partial charge is 0.447 e. The highest BCUT2D eigenvalue weighted by Gasteiger charge is 2.23. The Bertz CT molecular complexity index is 532. The molecular formula is C15H22N4O2. The van der Waals surface area contributed by atoms with E-state index in [0.29, 0.717) is 25.7 Å². The average molecular weight is 290 g/mol. The number of nitrogens with zero attached hydrogens (tertiary/aromatic N) is 2. The molecule has 1 saturated heterocycles. The summed E-state index contributed by atoms with van der Waals surface area (Å²) in [6.45, 7) is 7.62. The van der Waals surface area contributed by atoms with E-state index in [9.17, 15) is 4.79 Å². The molecule has 114 valence electrons. The van der Waals surface area contributed by atoms with Crippen LogP contribution in [0.2, 0.25) is 0 Å². The normalized spacial score (nSPS) is 16.0. The summed E-state index contributed by atoms with van der Waals surface area (Å²) in [5.41, 5.74) is 7.59. The predicted octanol–water partition coefficient (Wildman–Crippen LogP) is 1.85. The molecule has 2 rings (SSSR count). The molecule has 0 aliphatic carbocycles. The molecule has 1 aliphatic rings. The van der Waals surface area contributed by atoms with Crippen molar-refractivity contribution in [3.63, 3.8) is 0 Å². The minimum Gasteiger partial charge on any atom is -0.447 e. The van der Waals surface area contributed by atoms with Crippen LogP contribution in [0.4, 0.5) is 10.5 Å². The van der Waals surface area contributed by atoms with Gasteiger partial charge < -0.3 is 15.8 Å². The molecule has 0 aromatic heterocycles. The number of hydrogen-bond donors (Lipinski definition) is 2. The van der Waals surface area contributed by atoms with E-state index in [1.165, 1.54) is 0 Å². The fraction of sp³-hybridized carbons (Fsp3) is 0.467. The van der Waals surface area contributed by atoms with Crippen LogP contribution in [-0.4, -0.2) is 30.7 Å². The number of hydrogen-bond acceptors (Lipinski definition) is 3. The van der Waals surface area contributed by atoms with Gasteiger partial charge in [-0.15, -0.1) is 0 Å². The van der Waals surface area contributed by atoms with E-state index in [1.54, 1.807) is 4.90 Å². The zero-order chi connectivity index (χ0) is 15.5. The lowest BCUT2D eigenvalue weighted by Gasteiger charge is -2.21. The van der Waals surface area contributed by atoms with Crippen LogP contribution in [0.1, 0.15) is 26.3 Å². The van der Waals surface area contributed by atoms with Crippen molar-refractivity contribution in [1.29, 1.82) is 0 Å². The van der Waals surface area contributed by atoms with Crippen LogP contribution >= 0.6 is 0 Å². The first kappa shape index (κ1) is 15.2. The summed E-state index contributed by atoms with van der Waals surface area (Å²) in [7, 11) is 0. The van der Waals surface area contributed by atoms with Crippen molar-refractivity contribution >= 4 is 17.7 Å². The van der Waals surface area contributed by atoms with E-state index in [1.807, 2.05) is 45.0 Å². The molecule has 0 unspecified atom stereocenters. The molecule has 0 saturated carbocycles. The minimum atomic E-state index is -0.292.